The molecule has 26 heavy (non-hydrogen) atoms. The van der Waals surface area contributed by atoms with Crippen molar-refractivity contribution in [2.75, 3.05) is 6.61 Å². The van der Waals surface area contributed by atoms with Crippen molar-refractivity contribution >= 4 is 17.6 Å². The molecule has 0 saturated carbocycles. The minimum Gasteiger partial charge on any atom is -0.486 e. The summed E-state index contributed by atoms with van der Waals surface area (Å²) in [5.41, 5.74) is 2.28. The smallest absolute Gasteiger partial charge is 0.306 e. The van der Waals surface area contributed by atoms with Gasteiger partial charge in [0.15, 0.2) is 0 Å². The van der Waals surface area contributed by atoms with E-state index in [1.165, 1.54) is 5.56 Å². The van der Waals surface area contributed by atoms with Gasteiger partial charge >= 0.3 is 5.97 Å². The molecule has 0 bridgehead atoms. The molecule has 5 heteroatoms. The van der Waals surface area contributed by atoms with Gasteiger partial charge in [0.1, 0.15) is 17.5 Å². The molecule has 0 fully saturated rings. The van der Waals surface area contributed by atoms with Gasteiger partial charge in [0.05, 0.1) is 6.42 Å². The second-order valence-electron chi connectivity index (χ2n) is 6.71. The fourth-order valence-electron chi connectivity index (χ4n) is 3.59. The second-order valence-corrected chi connectivity index (χ2v) is 7.12. The molecule has 138 valence electrons. The van der Waals surface area contributed by atoms with Gasteiger partial charge in [-0.3, -0.25) is 4.79 Å². The highest BCUT2D eigenvalue weighted by atomic mass is 35.5. The molecule has 2 aromatic carbocycles. The Morgan fingerprint density at radius 1 is 1.27 bits per heavy atom. The Kier molecular flexibility index (Phi) is 5.54. The zero-order chi connectivity index (χ0) is 18.7. The standard InChI is InChI=1S/C21H23ClO4/c1-3-25-21(2,13-20(23)24)14-7-9-15(10-8-14)26-19-12-11-16-17(19)5-4-6-18(16)22/h4-10,19H,3,11-13H2,1-2H3,(H,23,24)/t19-,21-/m0/s1. The third kappa shape index (κ3) is 3.87. The summed E-state index contributed by atoms with van der Waals surface area (Å²) in [6, 6.07) is 13.4. The summed E-state index contributed by atoms with van der Waals surface area (Å²) < 4.78 is 11.9. The highest BCUT2D eigenvalue weighted by Gasteiger charge is 2.31. The minimum absolute atomic E-state index is 0.00755. The molecule has 0 heterocycles. The number of carboxylic acids is 1. The van der Waals surface area contributed by atoms with E-state index in [0.29, 0.717) is 6.61 Å². The molecule has 0 spiro atoms. The first-order valence-corrected chi connectivity index (χ1v) is 9.21. The first kappa shape index (κ1) is 18.7. The number of carbonyl (C=O) groups is 1. The lowest BCUT2D eigenvalue weighted by Crippen LogP contribution is -2.29. The van der Waals surface area contributed by atoms with Crippen LogP contribution in [0.1, 0.15) is 49.5 Å². The topological polar surface area (TPSA) is 55.8 Å². The van der Waals surface area contributed by atoms with Crippen LogP contribution in [0, 0.1) is 0 Å². The Balaban J connectivity index is 1.77. The number of benzene rings is 2. The molecule has 3 rings (SSSR count). The molecule has 0 amide bonds. The largest absolute Gasteiger partial charge is 0.486 e. The molecule has 0 unspecified atom stereocenters. The van der Waals surface area contributed by atoms with E-state index in [-0.39, 0.29) is 12.5 Å². The molecule has 1 aliphatic carbocycles. The quantitative estimate of drug-likeness (QED) is 0.729. The molecular weight excluding hydrogens is 352 g/mol. The summed E-state index contributed by atoms with van der Waals surface area (Å²) in [5, 5.41) is 9.98. The van der Waals surface area contributed by atoms with Crippen molar-refractivity contribution < 1.29 is 19.4 Å². The molecule has 0 radical (unpaired) electrons. The van der Waals surface area contributed by atoms with Gasteiger partial charge in [-0.05, 0) is 61.6 Å². The lowest BCUT2D eigenvalue weighted by atomic mass is 9.92. The highest BCUT2D eigenvalue weighted by molar-refractivity contribution is 6.31. The summed E-state index contributed by atoms with van der Waals surface area (Å²) in [6.45, 7) is 4.11. The predicted molar refractivity (Wildman–Crippen MR) is 101 cm³/mol. The van der Waals surface area contributed by atoms with Gasteiger partial charge < -0.3 is 14.6 Å². The van der Waals surface area contributed by atoms with E-state index in [2.05, 4.69) is 6.07 Å². The Morgan fingerprint density at radius 3 is 2.65 bits per heavy atom. The zero-order valence-corrected chi connectivity index (χ0v) is 15.8. The van der Waals surface area contributed by atoms with Crippen LogP contribution < -0.4 is 4.74 Å². The fourth-order valence-corrected chi connectivity index (χ4v) is 3.86. The zero-order valence-electron chi connectivity index (χ0n) is 15.0. The van der Waals surface area contributed by atoms with E-state index in [1.807, 2.05) is 43.3 Å². The average molecular weight is 375 g/mol. The Labute approximate surface area is 158 Å². The maximum atomic E-state index is 11.2. The second kappa shape index (κ2) is 7.68. The maximum absolute atomic E-state index is 11.2. The summed E-state index contributed by atoms with van der Waals surface area (Å²) in [4.78, 5) is 11.2. The number of hydrogen-bond donors (Lipinski definition) is 1. The lowest BCUT2D eigenvalue weighted by Gasteiger charge is -2.28. The van der Waals surface area contributed by atoms with Gasteiger partial charge in [0.25, 0.3) is 0 Å². The number of ether oxygens (including phenoxy) is 2. The van der Waals surface area contributed by atoms with Gasteiger partial charge in [-0.1, -0.05) is 35.9 Å². The predicted octanol–water partition coefficient (Wildman–Crippen LogP) is 5.13. The van der Waals surface area contributed by atoms with Gasteiger partial charge in [-0.15, -0.1) is 0 Å². The number of fused-ring (bicyclic) bond motifs is 1. The molecule has 2 atom stereocenters. The van der Waals surface area contributed by atoms with Gasteiger partial charge in [-0.25, -0.2) is 0 Å². The van der Waals surface area contributed by atoms with E-state index in [9.17, 15) is 9.90 Å². The van der Waals surface area contributed by atoms with Crippen molar-refractivity contribution in [1.82, 2.24) is 0 Å². The van der Waals surface area contributed by atoms with Crippen molar-refractivity contribution in [2.24, 2.45) is 0 Å². The van der Waals surface area contributed by atoms with E-state index >= 15 is 0 Å². The van der Waals surface area contributed by atoms with E-state index < -0.39 is 11.6 Å². The minimum atomic E-state index is -0.888. The Bertz CT molecular complexity index is 787. The van der Waals surface area contributed by atoms with E-state index in [1.54, 1.807) is 6.92 Å². The monoisotopic (exact) mass is 374 g/mol. The van der Waals surface area contributed by atoms with Crippen LogP contribution in [0.15, 0.2) is 42.5 Å². The number of aliphatic carboxylic acids is 1. The van der Waals surface area contributed by atoms with Crippen LogP contribution in [0.25, 0.3) is 0 Å². The summed E-state index contributed by atoms with van der Waals surface area (Å²) >= 11 is 6.26. The molecular formula is C21H23ClO4. The number of hydrogen-bond acceptors (Lipinski definition) is 3. The molecule has 0 saturated heterocycles. The molecule has 4 nitrogen and oxygen atoms in total. The fraction of sp³-hybridized carbons (Fsp3) is 0.381. The molecule has 1 N–H and O–H groups in total. The van der Waals surface area contributed by atoms with E-state index in [4.69, 9.17) is 21.1 Å². The maximum Gasteiger partial charge on any atom is 0.306 e. The van der Waals surface area contributed by atoms with Crippen molar-refractivity contribution in [3.8, 4) is 5.75 Å². The van der Waals surface area contributed by atoms with Crippen molar-refractivity contribution in [3.05, 3.63) is 64.2 Å². The first-order valence-electron chi connectivity index (χ1n) is 8.83. The normalized spacial score (nSPS) is 18.2. The average Bonchev–Trinajstić information content (AvgIpc) is 2.99. The van der Waals surface area contributed by atoms with Crippen LogP contribution in [-0.4, -0.2) is 17.7 Å². The van der Waals surface area contributed by atoms with Crippen LogP contribution in [0.2, 0.25) is 5.02 Å². The summed E-state index contributed by atoms with van der Waals surface area (Å²) in [6.07, 6.45) is 1.72. The van der Waals surface area contributed by atoms with Crippen LogP contribution in [-0.2, 0) is 21.6 Å². The van der Waals surface area contributed by atoms with Crippen LogP contribution in [0.3, 0.4) is 0 Å². The Hall–Kier alpha value is -2.04. The van der Waals surface area contributed by atoms with Crippen LogP contribution in [0.5, 0.6) is 5.75 Å². The first-order chi connectivity index (χ1) is 12.4. The van der Waals surface area contributed by atoms with Crippen LogP contribution in [0.4, 0.5) is 0 Å². The summed E-state index contributed by atoms with van der Waals surface area (Å²) in [5.74, 6) is -0.138. The van der Waals surface area contributed by atoms with Gasteiger partial charge in [0, 0.05) is 11.6 Å². The lowest BCUT2D eigenvalue weighted by molar-refractivity contribution is -0.145. The number of halogens is 1. The molecule has 0 aliphatic heterocycles. The van der Waals surface area contributed by atoms with Gasteiger partial charge in [0.2, 0.25) is 0 Å². The number of rotatable bonds is 7. The van der Waals surface area contributed by atoms with Gasteiger partial charge in [-0.2, -0.15) is 0 Å². The highest BCUT2D eigenvalue weighted by Crippen LogP contribution is 2.39. The molecule has 0 aromatic heterocycles. The third-order valence-electron chi connectivity index (χ3n) is 4.85. The molecule has 2 aromatic rings. The third-order valence-corrected chi connectivity index (χ3v) is 5.21. The molecule has 1 aliphatic rings. The van der Waals surface area contributed by atoms with Crippen molar-refractivity contribution in [2.45, 2.75) is 44.8 Å². The summed E-state index contributed by atoms with van der Waals surface area (Å²) in [7, 11) is 0. The Morgan fingerprint density at radius 2 is 2.00 bits per heavy atom. The van der Waals surface area contributed by atoms with Crippen LogP contribution >= 0.6 is 11.6 Å². The SMILES string of the molecule is CCO[C@@](C)(CC(=O)O)c1ccc(O[C@H]2CCc3c(Cl)cccc32)cc1. The van der Waals surface area contributed by atoms with E-state index in [0.717, 1.165) is 34.7 Å². The van der Waals surface area contributed by atoms with Crippen molar-refractivity contribution in [1.29, 1.82) is 0 Å². The van der Waals surface area contributed by atoms with Crippen molar-refractivity contribution in [3.63, 3.8) is 0 Å². The number of carboxylic acid groups (broad SMARTS) is 1.